The maximum atomic E-state index is 13.1. The molecule has 26 heavy (non-hydrogen) atoms. The first-order valence-corrected chi connectivity index (χ1v) is 9.59. The maximum absolute atomic E-state index is 13.1. The molecule has 1 amide bonds. The van der Waals surface area contributed by atoms with Crippen LogP contribution in [0.2, 0.25) is 0 Å². The Morgan fingerprint density at radius 1 is 1.38 bits per heavy atom. The quantitative estimate of drug-likeness (QED) is 0.748. The van der Waals surface area contributed by atoms with Crippen LogP contribution in [-0.2, 0) is 10.0 Å². The van der Waals surface area contributed by atoms with E-state index < -0.39 is 34.9 Å². The van der Waals surface area contributed by atoms with Gasteiger partial charge in [-0.3, -0.25) is 4.79 Å². The Hall–Kier alpha value is -1.29. The van der Waals surface area contributed by atoms with Gasteiger partial charge in [0.05, 0.1) is 18.0 Å². The second-order valence-corrected chi connectivity index (χ2v) is 8.12. The fourth-order valence-electron chi connectivity index (χ4n) is 2.75. The van der Waals surface area contributed by atoms with Crippen molar-refractivity contribution in [2.24, 2.45) is 5.73 Å². The van der Waals surface area contributed by atoms with Gasteiger partial charge in [0.2, 0.25) is 10.0 Å². The third-order valence-corrected chi connectivity index (χ3v) is 6.26. The van der Waals surface area contributed by atoms with E-state index >= 15 is 0 Å². The highest BCUT2D eigenvalue weighted by atomic mass is 35.5. The average Bonchev–Trinajstić information content (AvgIpc) is 2.60. The number of nitrogens with two attached hydrogens (primary N) is 1. The first kappa shape index (κ1) is 22.8. The van der Waals surface area contributed by atoms with Crippen molar-refractivity contribution < 1.29 is 22.0 Å². The van der Waals surface area contributed by atoms with Crippen LogP contribution in [-0.4, -0.2) is 50.2 Å². The Morgan fingerprint density at radius 3 is 2.69 bits per heavy atom. The van der Waals surface area contributed by atoms with E-state index in [2.05, 4.69) is 5.32 Å². The minimum absolute atomic E-state index is 0. The number of carbonyl (C=O) groups excluding carboxylic acids is 1. The molecule has 1 aliphatic heterocycles. The highest BCUT2D eigenvalue weighted by Gasteiger charge is 2.31. The zero-order valence-electron chi connectivity index (χ0n) is 14.5. The van der Waals surface area contributed by atoms with Gasteiger partial charge in [-0.05, 0) is 38.0 Å². The number of amides is 1. The average molecular weight is 412 g/mol. The molecule has 0 bridgehead atoms. The summed E-state index contributed by atoms with van der Waals surface area (Å²) < 4.78 is 53.3. The van der Waals surface area contributed by atoms with Crippen molar-refractivity contribution in [3.8, 4) is 0 Å². The van der Waals surface area contributed by atoms with Crippen molar-refractivity contribution >= 4 is 28.3 Å². The molecule has 1 saturated heterocycles. The number of carbonyl (C=O) groups is 1. The lowest BCUT2D eigenvalue weighted by Gasteiger charge is -2.32. The monoisotopic (exact) mass is 411 g/mol. The van der Waals surface area contributed by atoms with E-state index in [9.17, 15) is 22.0 Å². The molecule has 1 unspecified atom stereocenters. The van der Waals surface area contributed by atoms with Crippen LogP contribution in [0.3, 0.4) is 0 Å². The Kier molecular flexibility index (Phi) is 7.94. The minimum Gasteiger partial charge on any atom is -0.346 e. The molecule has 148 valence electrons. The smallest absolute Gasteiger partial charge is 0.277 e. The number of nitrogens with one attached hydrogen (secondary N) is 1. The second-order valence-electron chi connectivity index (χ2n) is 6.23. The standard InChI is InChI=1S/C16H23F2N3O3S.ClH/c1-12-5-2-3-8-21(12)25(23,24)14-7-4-6-13(9-14)15(22)20-11-16(17,18)10-19;/h4,6-7,9,12H,2-3,5,8,10-11,19H2,1H3,(H,20,22);1H. The predicted octanol–water partition coefficient (Wildman–Crippen LogP) is 2.00. The Morgan fingerprint density at radius 2 is 2.08 bits per heavy atom. The first-order chi connectivity index (χ1) is 11.7. The number of alkyl halides is 2. The first-order valence-electron chi connectivity index (χ1n) is 8.15. The van der Waals surface area contributed by atoms with Gasteiger partial charge in [0.15, 0.2) is 0 Å². The molecule has 2 rings (SSSR count). The summed E-state index contributed by atoms with van der Waals surface area (Å²) in [6, 6.07) is 5.32. The maximum Gasteiger partial charge on any atom is 0.277 e. The van der Waals surface area contributed by atoms with Gasteiger partial charge >= 0.3 is 0 Å². The number of hydrogen-bond donors (Lipinski definition) is 2. The molecule has 6 nitrogen and oxygen atoms in total. The van der Waals surface area contributed by atoms with E-state index in [4.69, 9.17) is 5.73 Å². The minimum atomic E-state index is -3.73. The van der Waals surface area contributed by atoms with Gasteiger partial charge < -0.3 is 11.1 Å². The van der Waals surface area contributed by atoms with E-state index in [1.807, 2.05) is 6.92 Å². The van der Waals surface area contributed by atoms with E-state index in [1.54, 1.807) is 0 Å². The van der Waals surface area contributed by atoms with Crippen LogP contribution in [0.5, 0.6) is 0 Å². The second kappa shape index (κ2) is 9.07. The van der Waals surface area contributed by atoms with Gasteiger partial charge in [-0.1, -0.05) is 12.5 Å². The Labute approximate surface area is 158 Å². The summed E-state index contributed by atoms with van der Waals surface area (Å²) >= 11 is 0. The van der Waals surface area contributed by atoms with Gasteiger partial charge in [0, 0.05) is 18.2 Å². The van der Waals surface area contributed by atoms with Crippen molar-refractivity contribution in [1.29, 1.82) is 0 Å². The molecular formula is C16H24ClF2N3O3S. The van der Waals surface area contributed by atoms with Crippen LogP contribution in [0.25, 0.3) is 0 Å². The lowest BCUT2D eigenvalue weighted by Crippen LogP contribution is -2.42. The Bertz CT molecular complexity index is 731. The molecule has 1 aromatic carbocycles. The van der Waals surface area contributed by atoms with E-state index in [0.29, 0.717) is 6.54 Å². The lowest BCUT2D eigenvalue weighted by molar-refractivity contribution is 0.0118. The Balaban J connectivity index is 0.00000338. The summed E-state index contributed by atoms with van der Waals surface area (Å²) in [5, 5.41) is 2.08. The van der Waals surface area contributed by atoms with Crippen LogP contribution in [0.4, 0.5) is 8.78 Å². The van der Waals surface area contributed by atoms with E-state index in [-0.39, 0.29) is 28.9 Å². The molecule has 1 aliphatic rings. The summed E-state index contributed by atoms with van der Waals surface area (Å²) in [4.78, 5) is 12.0. The van der Waals surface area contributed by atoms with Gasteiger partial charge in [-0.25, -0.2) is 17.2 Å². The summed E-state index contributed by atoms with van der Waals surface area (Å²) in [5.74, 6) is -3.97. The van der Waals surface area contributed by atoms with Crippen molar-refractivity contribution in [3.63, 3.8) is 0 Å². The summed E-state index contributed by atoms with van der Waals surface area (Å²) in [6.07, 6.45) is 2.55. The van der Waals surface area contributed by atoms with Crippen molar-refractivity contribution in [2.75, 3.05) is 19.6 Å². The molecule has 0 saturated carbocycles. The van der Waals surface area contributed by atoms with Crippen LogP contribution < -0.4 is 11.1 Å². The lowest BCUT2D eigenvalue weighted by atomic mass is 10.1. The van der Waals surface area contributed by atoms with Gasteiger partial charge in [-0.15, -0.1) is 12.4 Å². The number of halogens is 3. The third kappa shape index (κ3) is 5.35. The molecule has 3 N–H and O–H groups in total. The number of benzene rings is 1. The number of piperidine rings is 1. The van der Waals surface area contributed by atoms with Gasteiger partial charge in [-0.2, -0.15) is 4.31 Å². The van der Waals surface area contributed by atoms with Crippen molar-refractivity contribution in [2.45, 2.75) is 43.0 Å². The van der Waals surface area contributed by atoms with Gasteiger partial charge in [0.25, 0.3) is 11.8 Å². The van der Waals surface area contributed by atoms with Crippen molar-refractivity contribution in [3.05, 3.63) is 29.8 Å². The molecular weight excluding hydrogens is 388 g/mol. The number of hydrogen-bond acceptors (Lipinski definition) is 4. The molecule has 0 spiro atoms. The highest BCUT2D eigenvalue weighted by molar-refractivity contribution is 7.89. The van der Waals surface area contributed by atoms with Crippen molar-refractivity contribution in [1.82, 2.24) is 9.62 Å². The van der Waals surface area contributed by atoms with Crippen LogP contribution >= 0.6 is 12.4 Å². The molecule has 0 aromatic heterocycles. The summed E-state index contributed by atoms with van der Waals surface area (Å²) in [5.41, 5.74) is 4.93. The molecule has 0 aliphatic carbocycles. The molecule has 1 aromatic rings. The summed E-state index contributed by atoms with van der Waals surface area (Å²) in [6.45, 7) is 0.502. The fraction of sp³-hybridized carbons (Fsp3) is 0.562. The SMILES string of the molecule is CC1CCCCN1S(=O)(=O)c1cccc(C(=O)NCC(F)(F)CN)c1.Cl. The normalized spacial score (nSPS) is 18.8. The zero-order chi connectivity index (χ0) is 18.7. The van der Waals surface area contributed by atoms with Crippen LogP contribution in [0.1, 0.15) is 36.5 Å². The molecule has 1 fully saturated rings. The van der Waals surface area contributed by atoms with Gasteiger partial charge in [0.1, 0.15) is 0 Å². The topological polar surface area (TPSA) is 92.5 Å². The number of rotatable bonds is 6. The molecule has 10 heteroatoms. The largest absolute Gasteiger partial charge is 0.346 e. The summed E-state index contributed by atoms with van der Waals surface area (Å²) in [7, 11) is -3.73. The van der Waals surface area contributed by atoms with Crippen LogP contribution in [0.15, 0.2) is 29.2 Å². The predicted molar refractivity (Wildman–Crippen MR) is 97.2 cm³/mol. The highest BCUT2D eigenvalue weighted by Crippen LogP contribution is 2.25. The third-order valence-electron chi connectivity index (χ3n) is 4.25. The fourth-order valence-corrected chi connectivity index (χ4v) is 4.49. The number of sulfonamides is 1. The molecule has 0 radical (unpaired) electrons. The van der Waals surface area contributed by atoms with E-state index in [0.717, 1.165) is 19.3 Å². The number of nitrogens with zero attached hydrogens (tertiary/aromatic N) is 1. The van der Waals surface area contributed by atoms with E-state index in [1.165, 1.54) is 28.6 Å². The molecule has 1 heterocycles. The van der Waals surface area contributed by atoms with Crippen LogP contribution in [0, 0.1) is 0 Å². The zero-order valence-corrected chi connectivity index (χ0v) is 16.1. The molecule has 1 atom stereocenters.